The standard InChI is InChI=1S/C17H19ClFN5O3/c1-10-8-24-15(14(7-20-24)22-4-5-27-17(22)26)9-23(10)16(25)21-11-2-3-13(19)12(18)6-11/h2-3,6-7,10,12-13H,4-5,8-9H2,1H3,(H,21,25). The van der Waals surface area contributed by atoms with Crippen molar-refractivity contribution in [3.05, 3.63) is 35.8 Å². The number of hydrogen-bond acceptors (Lipinski definition) is 4. The van der Waals surface area contributed by atoms with Gasteiger partial charge in [-0.1, -0.05) is 0 Å². The van der Waals surface area contributed by atoms with Crippen molar-refractivity contribution in [1.29, 1.82) is 0 Å². The first-order chi connectivity index (χ1) is 12.9. The van der Waals surface area contributed by atoms with Crippen LogP contribution in [0.1, 0.15) is 12.6 Å². The van der Waals surface area contributed by atoms with E-state index in [-0.39, 0.29) is 12.1 Å². The fraction of sp³-hybridized carbons (Fsp3) is 0.471. The highest BCUT2D eigenvalue weighted by molar-refractivity contribution is 6.22. The van der Waals surface area contributed by atoms with Gasteiger partial charge in [-0.05, 0) is 25.2 Å². The number of fused-ring (bicyclic) bond motifs is 1. The van der Waals surface area contributed by atoms with Crippen molar-refractivity contribution in [2.45, 2.75) is 37.6 Å². The van der Waals surface area contributed by atoms with Crippen molar-refractivity contribution in [2.24, 2.45) is 0 Å². The molecule has 0 aromatic carbocycles. The molecule has 4 rings (SSSR count). The molecule has 1 N–H and O–H groups in total. The Kier molecular flexibility index (Phi) is 4.55. The third-order valence-corrected chi connectivity index (χ3v) is 5.25. The SMILES string of the molecule is CC1Cn2ncc(N3CCOC3=O)c2CN1C(=O)NC1=CC(Cl)C(F)C=C1. The zero-order chi connectivity index (χ0) is 19.1. The predicted molar refractivity (Wildman–Crippen MR) is 96.2 cm³/mol. The van der Waals surface area contributed by atoms with Gasteiger partial charge in [0.25, 0.3) is 0 Å². The summed E-state index contributed by atoms with van der Waals surface area (Å²) >= 11 is 5.89. The molecule has 0 bridgehead atoms. The molecule has 3 aliphatic rings. The molecule has 27 heavy (non-hydrogen) atoms. The summed E-state index contributed by atoms with van der Waals surface area (Å²) in [4.78, 5) is 27.8. The number of nitrogens with zero attached hydrogens (tertiary/aromatic N) is 4. The topological polar surface area (TPSA) is 79.7 Å². The number of carbonyl (C=O) groups is 2. The van der Waals surface area contributed by atoms with E-state index in [1.165, 1.54) is 23.1 Å². The van der Waals surface area contributed by atoms with E-state index in [1.54, 1.807) is 15.8 Å². The van der Waals surface area contributed by atoms with Crippen LogP contribution >= 0.6 is 11.6 Å². The summed E-state index contributed by atoms with van der Waals surface area (Å²) in [5, 5.41) is 6.30. The molecule has 3 amide bonds. The van der Waals surface area contributed by atoms with Gasteiger partial charge in [-0.2, -0.15) is 5.10 Å². The largest absolute Gasteiger partial charge is 0.447 e. The number of nitrogens with one attached hydrogen (secondary N) is 1. The zero-order valence-electron chi connectivity index (χ0n) is 14.6. The average molecular weight is 396 g/mol. The molecule has 0 saturated carbocycles. The number of amides is 3. The summed E-state index contributed by atoms with van der Waals surface area (Å²) < 4.78 is 20.2. The van der Waals surface area contributed by atoms with Gasteiger partial charge in [0, 0.05) is 5.70 Å². The van der Waals surface area contributed by atoms with Crippen molar-refractivity contribution in [2.75, 3.05) is 18.1 Å². The Morgan fingerprint density at radius 1 is 1.48 bits per heavy atom. The fourth-order valence-corrected chi connectivity index (χ4v) is 3.62. The molecule has 3 heterocycles. The summed E-state index contributed by atoms with van der Waals surface area (Å²) in [7, 11) is 0. The molecule has 1 aromatic heterocycles. The van der Waals surface area contributed by atoms with Crippen LogP contribution in [0.3, 0.4) is 0 Å². The molecule has 10 heteroatoms. The highest BCUT2D eigenvalue weighted by atomic mass is 35.5. The van der Waals surface area contributed by atoms with E-state index in [9.17, 15) is 14.0 Å². The predicted octanol–water partition coefficient (Wildman–Crippen LogP) is 2.15. The van der Waals surface area contributed by atoms with Gasteiger partial charge in [0.2, 0.25) is 0 Å². The molecule has 0 spiro atoms. The van der Waals surface area contributed by atoms with Gasteiger partial charge in [0.1, 0.15) is 12.8 Å². The fourth-order valence-electron chi connectivity index (χ4n) is 3.40. The lowest BCUT2D eigenvalue weighted by atomic mass is 10.1. The molecule has 144 valence electrons. The van der Waals surface area contributed by atoms with Gasteiger partial charge in [-0.15, -0.1) is 11.6 Å². The minimum Gasteiger partial charge on any atom is -0.447 e. The van der Waals surface area contributed by atoms with E-state index in [4.69, 9.17) is 16.3 Å². The van der Waals surface area contributed by atoms with Gasteiger partial charge in [0.15, 0.2) is 0 Å². The molecule has 3 unspecified atom stereocenters. The maximum absolute atomic E-state index is 13.4. The Morgan fingerprint density at radius 3 is 3.00 bits per heavy atom. The molecule has 2 aliphatic heterocycles. The van der Waals surface area contributed by atoms with Crippen molar-refractivity contribution in [3.63, 3.8) is 0 Å². The second-order valence-corrected chi connectivity index (χ2v) is 7.21. The van der Waals surface area contributed by atoms with E-state index in [0.717, 1.165) is 5.69 Å². The van der Waals surface area contributed by atoms with Crippen LogP contribution < -0.4 is 10.2 Å². The number of rotatable bonds is 2. The minimum absolute atomic E-state index is 0.107. The smallest absolute Gasteiger partial charge is 0.414 e. The van der Waals surface area contributed by atoms with Crippen molar-refractivity contribution in [1.82, 2.24) is 20.0 Å². The number of urea groups is 1. The van der Waals surface area contributed by atoms with Gasteiger partial charge in [0.05, 0.1) is 48.6 Å². The summed E-state index contributed by atoms with van der Waals surface area (Å²) in [6, 6.07) is -0.424. The molecule has 3 atom stereocenters. The monoisotopic (exact) mass is 395 g/mol. The molecular formula is C17H19ClFN5O3. The lowest BCUT2D eigenvalue weighted by molar-refractivity contribution is 0.152. The highest BCUT2D eigenvalue weighted by Gasteiger charge is 2.34. The van der Waals surface area contributed by atoms with Crippen molar-refractivity contribution in [3.8, 4) is 0 Å². The van der Waals surface area contributed by atoms with Gasteiger partial charge >= 0.3 is 12.1 Å². The van der Waals surface area contributed by atoms with Crippen LogP contribution in [-0.4, -0.2) is 57.5 Å². The first-order valence-electron chi connectivity index (χ1n) is 8.69. The second kappa shape index (κ2) is 6.88. The Morgan fingerprint density at radius 2 is 2.30 bits per heavy atom. The number of alkyl halides is 2. The molecule has 0 radical (unpaired) electrons. The number of allylic oxidation sites excluding steroid dienone is 3. The van der Waals surface area contributed by atoms with Crippen LogP contribution in [0.2, 0.25) is 0 Å². The minimum atomic E-state index is -1.27. The second-order valence-electron chi connectivity index (χ2n) is 6.70. The molecule has 8 nitrogen and oxygen atoms in total. The molecule has 1 aliphatic carbocycles. The molecule has 1 aromatic rings. The van der Waals surface area contributed by atoms with Crippen molar-refractivity contribution < 1.29 is 18.7 Å². The quantitative estimate of drug-likeness (QED) is 0.778. The van der Waals surface area contributed by atoms with E-state index >= 15 is 0 Å². The zero-order valence-corrected chi connectivity index (χ0v) is 15.4. The Labute approximate surface area is 160 Å². The Bertz CT molecular complexity index is 839. The first kappa shape index (κ1) is 17.8. The number of anilines is 1. The lowest BCUT2D eigenvalue weighted by Gasteiger charge is -2.35. The number of cyclic esters (lactones) is 1. The maximum atomic E-state index is 13.4. The summed E-state index contributed by atoms with van der Waals surface area (Å²) in [6.07, 6.45) is 4.26. The van der Waals surface area contributed by atoms with E-state index in [2.05, 4.69) is 10.4 Å². The van der Waals surface area contributed by atoms with Crippen LogP contribution in [0.4, 0.5) is 19.7 Å². The first-order valence-corrected chi connectivity index (χ1v) is 9.12. The number of ether oxygens (including phenoxy) is 1. The van der Waals surface area contributed by atoms with Crippen LogP contribution in [0.5, 0.6) is 0 Å². The number of aromatic nitrogens is 2. The van der Waals surface area contributed by atoms with Crippen LogP contribution in [0.15, 0.2) is 30.1 Å². The Hall–Kier alpha value is -2.55. The summed E-state index contributed by atoms with van der Waals surface area (Å²) in [6.45, 7) is 3.50. The van der Waals surface area contributed by atoms with Crippen LogP contribution in [-0.2, 0) is 17.8 Å². The molecular weight excluding hydrogens is 377 g/mol. The van der Waals surface area contributed by atoms with Crippen molar-refractivity contribution >= 4 is 29.4 Å². The lowest BCUT2D eigenvalue weighted by Crippen LogP contribution is -2.49. The summed E-state index contributed by atoms with van der Waals surface area (Å²) in [5.41, 5.74) is 1.89. The molecule has 1 saturated heterocycles. The molecule has 1 fully saturated rings. The number of carbonyl (C=O) groups excluding carboxylic acids is 2. The number of halogens is 2. The van der Waals surface area contributed by atoms with Gasteiger partial charge in [-0.25, -0.2) is 14.0 Å². The van der Waals surface area contributed by atoms with E-state index < -0.39 is 17.6 Å². The van der Waals surface area contributed by atoms with Gasteiger partial charge < -0.3 is 15.0 Å². The third kappa shape index (κ3) is 3.27. The maximum Gasteiger partial charge on any atom is 0.414 e. The average Bonchev–Trinajstić information content (AvgIpc) is 3.22. The normalized spacial score (nSPS) is 27.3. The van der Waals surface area contributed by atoms with E-state index in [1.807, 2.05) is 6.92 Å². The highest BCUT2D eigenvalue weighted by Crippen LogP contribution is 2.29. The van der Waals surface area contributed by atoms with E-state index in [0.29, 0.717) is 37.6 Å². The Balaban J connectivity index is 1.52. The van der Waals surface area contributed by atoms with Crippen LogP contribution in [0, 0.1) is 0 Å². The number of hydrogen-bond donors (Lipinski definition) is 1. The third-order valence-electron chi connectivity index (χ3n) is 4.88. The summed E-state index contributed by atoms with van der Waals surface area (Å²) in [5.74, 6) is 0. The van der Waals surface area contributed by atoms with Gasteiger partial charge in [-0.3, -0.25) is 9.58 Å². The van der Waals surface area contributed by atoms with Crippen LogP contribution in [0.25, 0.3) is 0 Å².